The first-order valence-electron chi connectivity index (χ1n) is 38.8. The van der Waals surface area contributed by atoms with Crippen LogP contribution in [0.25, 0.3) is 208 Å². The largest absolute Gasteiger partial charge is 2.00 e. The van der Waals surface area contributed by atoms with Gasteiger partial charge in [-0.1, -0.05) is 313 Å². The Morgan fingerprint density at radius 1 is 0.246 bits per heavy atom. The smallest absolute Gasteiger partial charge is 0.346 e. The van der Waals surface area contributed by atoms with Crippen molar-refractivity contribution in [3.63, 3.8) is 0 Å². The van der Waals surface area contributed by atoms with Crippen molar-refractivity contribution in [2.45, 2.75) is 0 Å². The minimum atomic E-state index is 0. The molecule has 6 nitrogen and oxygen atoms in total. The van der Waals surface area contributed by atoms with Crippen molar-refractivity contribution in [3.8, 4) is 144 Å². The molecule has 0 radical (unpaired) electrons. The number of pyridine rings is 2. The van der Waals surface area contributed by atoms with Crippen LogP contribution >= 0.6 is 22.7 Å². The Morgan fingerprint density at radius 2 is 0.678 bits per heavy atom. The molecule has 22 aromatic rings. The van der Waals surface area contributed by atoms with E-state index in [1.165, 1.54) is 61.2 Å². The predicted octanol–water partition coefficient (Wildman–Crippen LogP) is 28.8. The van der Waals surface area contributed by atoms with Gasteiger partial charge in [0.15, 0.2) is 0 Å². The van der Waals surface area contributed by atoms with E-state index in [0.29, 0.717) is 0 Å². The fourth-order valence-corrected chi connectivity index (χ4v) is 17.8. The van der Waals surface area contributed by atoms with E-state index in [-0.39, 0.29) is 42.1 Å². The standard InChI is InChI=1S/2C54H33N3S.2Pt/c1-3-11-36(12-4-1)38-19-21-40(22-20-38)44-29-32-48(55-35-44)42-27-30-45(41-25-23-39(24-26-41)37-13-5-2-6-14-37)51(33-42)57-50-17-9-7-15-46(50)47-31-28-43(34-52(47)57)54-56-49-16-8-10-18-53(49)58-54;1-3-10-36(11-4-1)38-17-21-40(22-18-38)42-27-30-51-48(33-42)47-28-25-45(34-52(47)57(51)46-15-9-14-44(32-46)49-16-7-8-31-55-49)54-56-50-29-26-43(35-53(50)58-54)41-23-19-39(20-24-41)37-12-5-2-6-13-37;;/h1-32,35H;1-31,33,35H;;/q2*-2;2*+2. The van der Waals surface area contributed by atoms with Crippen LogP contribution in [0, 0.1) is 24.3 Å². The zero-order valence-electron chi connectivity index (χ0n) is 63.2. The molecule has 6 heterocycles. The number of aromatic nitrogens is 6. The van der Waals surface area contributed by atoms with Crippen molar-refractivity contribution in [1.29, 1.82) is 0 Å². The van der Waals surface area contributed by atoms with Gasteiger partial charge >= 0.3 is 42.1 Å². The van der Waals surface area contributed by atoms with Crippen LogP contribution in [0.3, 0.4) is 0 Å². The molecule has 0 unspecified atom stereocenters. The number of hydrogen-bond donors (Lipinski definition) is 0. The van der Waals surface area contributed by atoms with E-state index in [1.807, 2.05) is 42.7 Å². The first-order chi connectivity index (χ1) is 57.4. The van der Waals surface area contributed by atoms with E-state index in [0.717, 1.165) is 147 Å². The number of thiazole rings is 2. The van der Waals surface area contributed by atoms with Gasteiger partial charge in [-0.05, 0) is 165 Å². The molecular weight excluding hydrogens is 1840 g/mol. The van der Waals surface area contributed by atoms with Crippen molar-refractivity contribution in [1.82, 2.24) is 29.1 Å². The third-order valence-electron chi connectivity index (χ3n) is 21.8. The van der Waals surface area contributed by atoms with Gasteiger partial charge in [0.1, 0.15) is 0 Å². The zero-order chi connectivity index (χ0) is 76.8. The van der Waals surface area contributed by atoms with Gasteiger partial charge in [0.05, 0.1) is 11.0 Å². The number of benzene rings is 16. The minimum Gasteiger partial charge on any atom is -0.346 e. The summed E-state index contributed by atoms with van der Waals surface area (Å²) in [5, 5.41) is 6.47. The molecule has 0 amide bonds. The summed E-state index contributed by atoms with van der Waals surface area (Å²) < 4.78 is 6.92. The number of fused-ring (bicyclic) bond motifs is 8. The van der Waals surface area contributed by atoms with Gasteiger partial charge in [-0.15, -0.1) is 101 Å². The molecule has 0 saturated carbocycles. The van der Waals surface area contributed by atoms with E-state index in [4.69, 9.17) is 15.0 Å². The summed E-state index contributed by atoms with van der Waals surface area (Å²) in [5.74, 6) is 0. The molecule has 0 atom stereocenters. The fraction of sp³-hybridized carbons (Fsp3) is 0. The number of rotatable bonds is 14. The molecule has 22 rings (SSSR count). The molecule has 16 aromatic carbocycles. The molecule has 0 saturated heterocycles. The average Bonchev–Trinajstić information content (AvgIpc) is 1.57. The van der Waals surface area contributed by atoms with Crippen LogP contribution in [0.4, 0.5) is 0 Å². The third-order valence-corrected chi connectivity index (χ3v) is 24.0. The topological polar surface area (TPSA) is 61.4 Å². The van der Waals surface area contributed by atoms with E-state index in [2.05, 4.69) is 396 Å². The number of nitrogens with zero attached hydrogens (tertiary/aromatic N) is 6. The summed E-state index contributed by atoms with van der Waals surface area (Å²) in [4.78, 5) is 19.8. The minimum absolute atomic E-state index is 0. The molecule has 118 heavy (non-hydrogen) atoms. The van der Waals surface area contributed by atoms with E-state index in [9.17, 15) is 0 Å². The second-order valence-corrected chi connectivity index (χ2v) is 30.9. The fourth-order valence-electron chi connectivity index (χ4n) is 15.9. The van der Waals surface area contributed by atoms with Crippen LogP contribution in [-0.4, -0.2) is 29.1 Å². The molecule has 560 valence electrons. The number of hydrogen-bond acceptors (Lipinski definition) is 6. The molecule has 6 aromatic heterocycles. The van der Waals surface area contributed by atoms with Crippen LogP contribution < -0.4 is 0 Å². The second kappa shape index (κ2) is 32.7. The summed E-state index contributed by atoms with van der Waals surface area (Å²) in [7, 11) is 0. The number of para-hydroxylation sites is 2. The second-order valence-electron chi connectivity index (χ2n) is 28.9. The predicted molar refractivity (Wildman–Crippen MR) is 484 cm³/mol. The molecule has 0 aliphatic heterocycles. The van der Waals surface area contributed by atoms with Crippen molar-refractivity contribution in [3.05, 3.63) is 425 Å². The Bertz CT molecular complexity index is 7340. The summed E-state index contributed by atoms with van der Waals surface area (Å²) in [6, 6.07) is 152. The maximum Gasteiger partial charge on any atom is 2.00 e. The molecule has 0 N–H and O–H groups in total. The van der Waals surface area contributed by atoms with Gasteiger partial charge in [0.2, 0.25) is 0 Å². The van der Waals surface area contributed by atoms with Gasteiger partial charge in [-0.3, -0.25) is 9.97 Å². The van der Waals surface area contributed by atoms with Gasteiger partial charge < -0.3 is 19.1 Å². The maximum absolute atomic E-state index is 5.13. The van der Waals surface area contributed by atoms with E-state index < -0.39 is 0 Å². The van der Waals surface area contributed by atoms with Gasteiger partial charge in [0, 0.05) is 42.8 Å². The molecule has 0 aliphatic rings. The molecule has 0 spiro atoms. The maximum atomic E-state index is 5.13. The van der Waals surface area contributed by atoms with Crippen LogP contribution in [0.2, 0.25) is 0 Å². The summed E-state index contributed by atoms with van der Waals surface area (Å²) in [5.41, 5.74) is 32.2. The van der Waals surface area contributed by atoms with E-state index in [1.54, 1.807) is 22.7 Å². The third kappa shape index (κ3) is 14.6. The zero-order valence-corrected chi connectivity index (χ0v) is 69.4. The molecule has 0 aliphatic carbocycles. The van der Waals surface area contributed by atoms with Crippen molar-refractivity contribution in [2.75, 3.05) is 0 Å². The summed E-state index contributed by atoms with van der Waals surface area (Å²) in [6.45, 7) is 0. The molecule has 0 bridgehead atoms. The van der Waals surface area contributed by atoms with Gasteiger partial charge in [0.25, 0.3) is 0 Å². The van der Waals surface area contributed by atoms with Crippen LogP contribution in [0.5, 0.6) is 0 Å². The Balaban J connectivity index is 0.000000154. The molecular formula is C108H66N6Pt2S2. The first-order valence-corrected chi connectivity index (χ1v) is 40.4. The Kier molecular flexibility index (Phi) is 20.7. The Hall–Kier alpha value is -13.4. The normalized spacial score (nSPS) is 11.3. The monoisotopic (exact) mass is 1900 g/mol. The first kappa shape index (κ1) is 74.7. The average molecular weight is 1900 g/mol. The van der Waals surface area contributed by atoms with Crippen LogP contribution in [0.15, 0.2) is 401 Å². The van der Waals surface area contributed by atoms with Crippen LogP contribution in [0.1, 0.15) is 0 Å². The van der Waals surface area contributed by atoms with Gasteiger partial charge in [-0.25, -0.2) is 0 Å². The molecule has 0 fully saturated rings. The van der Waals surface area contributed by atoms with Crippen LogP contribution in [-0.2, 0) is 42.1 Å². The summed E-state index contributed by atoms with van der Waals surface area (Å²) >= 11 is 3.41. The Morgan fingerprint density at radius 3 is 1.25 bits per heavy atom. The van der Waals surface area contributed by atoms with Crippen molar-refractivity contribution >= 4 is 86.7 Å². The molecule has 10 heteroatoms. The Labute approximate surface area is 720 Å². The van der Waals surface area contributed by atoms with Crippen molar-refractivity contribution in [2.24, 2.45) is 0 Å². The quantitative estimate of drug-likeness (QED) is 0.102. The van der Waals surface area contributed by atoms with E-state index >= 15 is 0 Å². The SMILES string of the molecule is [Pt+2].[Pt+2].[c-]1c(-c2ccc(-c3ccc(-c4ccccc4)cc3)cn2)ccc(-c2ccc(-c3ccccc3)cc2)c1-n1c2[c-]c(-c3nc4ccccc4s3)ccc2c2ccccc21.[c-]1c(-c2ccccn2)cccc1-n1c2[c-]c(-c3nc4ccc(-c5ccc(-c6ccccc6)cc5)cc4s3)ccc2c2cc(-c3ccc(-c4ccccc4)cc3)ccc21. The van der Waals surface area contributed by atoms with Crippen molar-refractivity contribution < 1.29 is 42.1 Å². The van der Waals surface area contributed by atoms with Gasteiger partial charge in [-0.2, -0.15) is 22.7 Å². The summed E-state index contributed by atoms with van der Waals surface area (Å²) in [6.07, 6.45) is 3.79.